The van der Waals surface area contributed by atoms with E-state index < -0.39 is 0 Å². The van der Waals surface area contributed by atoms with Crippen molar-refractivity contribution in [3.63, 3.8) is 0 Å². The van der Waals surface area contributed by atoms with Gasteiger partial charge in [0, 0.05) is 19.5 Å². The summed E-state index contributed by atoms with van der Waals surface area (Å²) in [4.78, 5) is 27.3. The fourth-order valence-electron chi connectivity index (χ4n) is 4.12. The highest BCUT2D eigenvalue weighted by Gasteiger charge is 2.24. The Morgan fingerprint density at radius 2 is 1.81 bits per heavy atom. The lowest BCUT2D eigenvalue weighted by atomic mass is 9.84. The van der Waals surface area contributed by atoms with Crippen LogP contribution in [0.1, 0.15) is 55.8 Å². The molecule has 5 nitrogen and oxygen atoms in total. The molecule has 3 rings (SSSR count). The summed E-state index contributed by atoms with van der Waals surface area (Å²) >= 11 is 0. The number of halogens is 1. The maximum Gasteiger partial charge on any atom is 0.255 e. The van der Waals surface area contributed by atoms with Gasteiger partial charge in [-0.15, -0.1) is 12.4 Å². The second-order valence-corrected chi connectivity index (χ2v) is 7.72. The maximum absolute atomic E-state index is 12.8. The molecule has 150 valence electrons. The minimum atomic E-state index is 0. The van der Waals surface area contributed by atoms with E-state index in [0.717, 1.165) is 51.9 Å². The van der Waals surface area contributed by atoms with Crippen LogP contribution < -0.4 is 10.6 Å². The average molecular weight is 394 g/mol. The number of piperidine rings is 2. The molecule has 2 aliphatic heterocycles. The molecular formula is C21H32ClN3O2. The van der Waals surface area contributed by atoms with Gasteiger partial charge in [0.05, 0.1) is 11.3 Å². The van der Waals surface area contributed by atoms with Crippen LogP contribution in [0.15, 0.2) is 24.3 Å². The number of rotatable bonds is 5. The second kappa shape index (κ2) is 10.7. The first-order valence-corrected chi connectivity index (χ1v) is 10.0. The van der Waals surface area contributed by atoms with Crippen LogP contribution in [0.25, 0.3) is 0 Å². The van der Waals surface area contributed by atoms with Crippen molar-refractivity contribution in [3.05, 3.63) is 29.8 Å². The third kappa shape index (κ3) is 5.94. The maximum atomic E-state index is 12.8. The van der Waals surface area contributed by atoms with Crippen LogP contribution in [0.2, 0.25) is 0 Å². The topological polar surface area (TPSA) is 61.4 Å². The minimum absolute atomic E-state index is 0. The van der Waals surface area contributed by atoms with Crippen LogP contribution in [0.5, 0.6) is 0 Å². The predicted molar refractivity (Wildman–Crippen MR) is 111 cm³/mol. The van der Waals surface area contributed by atoms with Gasteiger partial charge in [0.25, 0.3) is 5.91 Å². The van der Waals surface area contributed by atoms with E-state index in [-0.39, 0.29) is 24.2 Å². The molecule has 0 bridgehead atoms. The smallest absolute Gasteiger partial charge is 0.255 e. The van der Waals surface area contributed by atoms with Crippen molar-refractivity contribution >= 4 is 29.9 Å². The minimum Gasteiger partial charge on any atom is -0.339 e. The number of amides is 2. The van der Waals surface area contributed by atoms with Crippen LogP contribution in [0, 0.1) is 11.8 Å². The summed E-state index contributed by atoms with van der Waals surface area (Å²) in [6.45, 7) is 5.88. The Balaban J connectivity index is 0.00000261. The molecule has 1 unspecified atom stereocenters. The number of carbonyl (C=O) groups excluding carboxylic acids is 2. The second-order valence-electron chi connectivity index (χ2n) is 7.72. The molecule has 0 aliphatic carbocycles. The molecule has 0 radical (unpaired) electrons. The molecule has 2 aliphatic rings. The van der Waals surface area contributed by atoms with Crippen molar-refractivity contribution in [2.75, 3.05) is 31.5 Å². The molecule has 0 spiro atoms. The number of benzene rings is 1. The molecule has 2 saturated heterocycles. The Morgan fingerprint density at radius 3 is 2.52 bits per heavy atom. The Morgan fingerprint density at radius 1 is 1.15 bits per heavy atom. The predicted octanol–water partition coefficient (Wildman–Crippen LogP) is 3.70. The summed E-state index contributed by atoms with van der Waals surface area (Å²) < 4.78 is 0. The van der Waals surface area contributed by atoms with Crippen molar-refractivity contribution in [2.24, 2.45) is 11.8 Å². The molecule has 6 heteroatoms. The fraction of sp³-hybridized carbons (Fsp3) is 0.619. The average Bonchev–Trinajstić information content (AvgIpc) is 2.69. The number of para-hydroxylation sites is 1. The van der Waals surface area contributed by atoms with E-state index in [2.05, 4.69) is 17.6 Å². The van der Waals surface area contributed by atoms with Crippen molar-refractivity contribution in [1.82, 2.24) is 10.2 Å². The molecule has 1 aromatic carbocycles. The molecule has 2 heterocycles. The molecule has 0 aromatic heterocycles. The summed E-state index contributed by atoms with van der Waals surface area (Å²) in [7, 11) is 0. The van der Waals surface area contributed by atoms with Gasteiger partial charge in [-0.2, -0.15) is 0 Å². The van der Waals surface area contributed by atoms with Crippen LogP contribution in [0.4, 0.5) is 5.69 Å². The van der Waals surface area contributed by atoms with Gasteiger partial charge < -0.3 is 15.5 Å². The van der Waals surface area contributed by atoms with E-state index in [1.54, 1.807) is 0 Å². The standard InChI is InChI=1S/C21H31N3O2.ClH/c1-16(17-9-11-22-12-10-17)15-20(25)23-19-8-4-3-7-18(19)21(26)24-13-5-2-6-14-24;/h3-4,7-8,16-17,22H,2,5-6,9-15H2,1H3,(H,23,25);1H. The van der Waals surface area contributed by atoms with Gasteiger partial charge in [-0.25, -0.2) is 0 Å². The largest absolute Gasteiger partial charge is 0.339 e. The van der Waals surface area contributed by atoms with Crippen LogP contribution >= 0.6 is 12.4 Å². The molecule has 1 aromatic rings. The van der Waals surface area contributed by atoms with E-state index in [4.69, 9.17) is 0 Å². The number of hydrogen-bond donors (Lipinski definition) is 2. The summed E-state index contributed by atoms with van der Waals surface area (Å²) in [5.41, 5.74) is 1.25. The quantitative estimate of drug-likeness (QED) is 0.801. The first-order valence-electron chi connectivity index (χ1n) is 10.0. The van der Waals surface area contributed by atoms with E-state index in [1.165, 1.54) is 6.42 Å². The first kappa shape index (κ1) is 21.7. The van der Waals surface area contributed by atoms with Crippen LogP contribution in [-0.2, 0) is 4.79 Å². The monoisotopic (exact) mass is 393 g/mol. The molecule has 2 N–H and O–H groups in total. The van der Waals surface area contributed by atoms with Crippen molar-refractivity contribution in [2.45, 2.75) is 45.4 Å². The number of carbonyl (C=O) groups is 2. The van der Waals surface area contributed by atoms with Crippen molar-refractivity contribution in [1.29, 1.82) is 0 Å². The zero-order chi connectivity index (χ0) is 18.4. The molecule has 2 fully saturated rings. The van der Waals surface area contributed by atoms with E-state index in [1.807, 2.05) is 29.2 Å². The lowest BCUT2D eigenvalue weighted by Crippen LogP contribution is -2.36. The molecule has 27 heavy (non-hydrogen) atoms. The Hall–Kier alpha value is -1.59. The van der Waals surface area contributed by atoms with Gasteiger partial charge in [0.15, 0.2) is 0 Å². The van der Waals surface area contributed by atoms with E-state index in [0.29, 0.717) is 29.5 Å². The highest BCUT2D eigenvalue weighted by molar-refractivity contribution is 6.03. The molecular weight excluding hydrogens is 362 g/mol. The SMILES string of the molecule is CC(CC(=O)Nc1ccccc1C(=O)N1CCCCC1)C1CCNCC1.Cl. The highest BCUT2D eigenvalue weighted by atomic mass is 35.5. The molecule has 1 atom stereocenters. The number of hydrogen-bond acceptors (Lipinski definition) is 3. The summed E-state index contributed by atoms with van der Waals surface area (Å²) in [6, 6.07) is 7.40. The van der Waals surface area contributed by atoms with Gasteiger partial charge in [0.1, 0.15) is 0 Å². The van der Waals surface area contributed by atoms with Gasteiger partial charge in [-0.3, -0.25) is 9.59 Å². The fourth-order valence-corrected chi connectivity index (χ4v) is 4.12. The summed E-state index contributed by atoms with van der Waals surface area (Å²) in [5.74, 6) is 1.01. The summed E-state index contributed by atoms with van der Waals surface area (Å²) in [5, 5.41) is 6.37. The lowest BCUT2D eigenvalue weighted by molar-refractivity contribution is -0.117. The summed E-state index contributed by atoms with van der Waals surface area (Å²) in [6.07, 6.45) is 6.10. The third-order valence-electron chi connectivity index (χ3n) is 5.77. The third-order valence-corrected chi connectivity index (χ3v) is 5.77. The molecule has 0 saturated carbocycles. The number of likely N-dealkylation sites (tertiary alicyclic amines) is 1. The normalized spacial score (nSPS) is 19.1. The Bertz CT molecular complexity index is 626. The first-order chi connectivity index (χ1) is 12.6. The van der Waals surface area contributed by atoms with E-state index in [9.17, 15) is 9.59 Å². The van der Waals surface area contributed by atoms with Crippen molar-refractivity contribution < 1.29 is 9.59 Å². The number of nitrogens with zero attached hydrogens (tertiary/aromatic N) is 1. The van der Waals surface area contributed by atoms with Crippen LogP contribution in [-0.4, -0.2) is 42.9 Å². The van der Waals surface area contributed by atoms with Gasteiger partial charge in [-0.1, -0.05) is 19.1 Å². The molecule has 2 amide bonds. The van der Waals surface area contributed by atoms with E-state index >= 15 is 0 Å². The Kier molecular flexibility index (Phi) is 8.58. The Labute approximate surface area is 168 Å². The number of nitrogens with one attached hydrogen (secondary N) is 2. The lowest BCUT2D eigenvalue weighted by Gasteiger charge is -2.28. The number of anilines is 1. The van der Waals surface area contributed by atoms with Crippen LogP contribution in [0.3, 0.4) is 0 Å². The van der Waals surface area contributed by atoms with Gasteiger partial charge in [-0.05, 0) is 69.2 Å². The zero-order valence-electron chi connectivity index (χ0n) is 16.2. The zero-order valence-corrected chi connectivity index (χ0v) is 17.0. The van der Waals surface area contributed by atoms with Crippen molar-refractivity contribution in [3.8, 4) is 0 Å². The van der Waals surface area contributed by atoms with Gasteiger partial charge >= 0.3 is 0 Å². The highest BCUT2D eigenvalue weighted by Crippen LogP contribution is 2.25. The van der Waals surface area contributed by atoms with Gasteiger partial charge in [0.2, 0.25) is 5.91 Å².